The van der Waals surface area contributed by atoms with Gasteiger partial charge in [0.1, 0.15) is 5.82 Å². The first kappa shape index (κ1) is 12.3. The van der Waals surface area contributed by atoms with Crippen molar-refractivity contribution in [1.29, 1.82) is 0 Å². The molecule has 1 aliphatic rings. The van der Waals surface area contributed by atoms with Crippen molar-refractivity contribution in [2.24, 2.45) is 0 Å². The Morgan fingerprint density at radius 3 is 2.80 bits per heavy atom. The van der Waals surface area contributed by atoms with Crippen molar-refractivity contribution in [3.8, 4) is 0 Å². The Morgan fingerprint density at radius 2 is 2.00 bits per heavy atom. The minimum Gasteiger partial charge on any atom is -0.306 e. The summed E-state index contributed by atoms with van der Waals surface area (Å²) in [5.41, 5.74) is 2.46. The molecule has 0 radical (unpaired) electrons. The SMILES string of the molecule is Cc1cccc(/C=C2/C(=O)Nc3ncccc3C2=O)c1. The van der Waals surface area contributed by atoms with E-state index in [1.807, 2.05) is 31.2 Å². The van der Waals surface area contributed by atoms with Crippen LogP contribution in [0.2, 0.25) is 0 Å². The summed E-state index contributed by atoms with van der Waals surface area (Å²) in [5.74, 6) is -0.384. The number of carbonyl (C=O) groups is 2. The summed E-state index contributed by atoms with van der Waals surface area (Å²) in [6.45, 7) is 1.96. The van der Waals surface area contributed by atoms with Crippen LogP contribution in [0, 0.1) is 6.92 Å². The zero-order chi connectivity index (χ0) is 14.1. The summed E-state index contributed by atoms with van der Waals surface area (Å²) in [5, 5.41) is 2.64. The molecule has 20 heavy (non-hydrogen) atoms. The minimum atomic E-state index is -0.414. The van der Waals surface area contributed by atoms with Gasteiger partial charge in [-0.05, 0) is 30.7 Å². The zero-order valence-electron chi connectivity index (χ0n) is 10.9. The average molecular weight is 264 g/mol. The van der Waals surface area contributed by atoms with Crippen LogP contribution in [0.4, 0.5) is 5.82 Å². The van der Waals surface area contributed by atoms with Gasteiger partial charge in [-0.2, -0.15) is 0 Å². The topological polar surface area (TPSA) is 59.1 Å². The van der Waals surface area contributed by atoms with E-state index in [9.17, 15) is 9.59 Å². The summed E-state index contributed by atoms with van der Waals surface area (Å²) in [4.78, 5) is 28.4. The first-order valence-corrected chi connectivity index (χ1v) is 6.24. The van der Waals surface area contributed by atoms with Crippen molar-refractivity contribution < 1.29 is 9.59 Å². The van der Waals surface area contributed by atoms with Crippen LogP contribution in [-0.2, 0) is 4.79 Å². The smallest absolute Gasteiger partial charge is 0.260 e. The number of benzene rings is 1. The molecule has 4 nitrogen and oxygen atoms in total. The molecule has 1 N–H and O–H groups in total. The molecule has 0 aliphatic carbocycles. The summed E-state index contributed by atoms with van der Waals surface area (Å²) in [6, 6.07) is 11.0. The molecule has 3 rings (SSSR count). The molecule has 1 aliphatic heterocycles. The Morgan fingerprint density at radius 1 is 1.15 bits per heavy atom. The number of Topliss-reactive ketones (excluding diaryl/α,β-unsaturated/α-hetero) is 1. The Kier molecular flexibility index (Phi) is 2.91. The zero-order valence-corrected chi connectivity index (χ0v) is 10.9. The third-order valence-corrected chi connectivity index (χ3v) is 3.13. The van der Waals surface area contributed by atoms with Gasteiger partial charge in [-0.15, -0.1) is 0 Å². The molecular formula is C16H12N2O2. The third-order valence-electron chi connectivity index (χ3n) is 3.13. The number of nitrogens with one attached hydrogen (secondary N) is 1. The predicted octanol–water partition coefficient (Wildman–Crippen LogP) is 2.61. The van der Waals surface area contributed by atoms with Crippen molar-refractivity contribution in [1.82, 2.24) is 4.98 Å². The molecule has 1 amide bonds. The number of hydrogen-bond donors (Lipinski definition) is 1. The van der Waals surface area contributed by atoms with Crippen LogP contribution in [0.5, 0.6) is 0 Å². The number of amides is 1. The largest absolute Gasteiger partial charge is 0.306 e. The fraction of sp³-hybridized carbons (Fsp3) is 0.0625. The van der Waals surface area contributed by atoms with Gasteiger partial charge in [-0.3, -0.25) is 9.59 Å². The molecular weight excluding hydrogens is 252 g/mol. The quantitative estimate of drug-likeness (QED) is 0.636. The highest BCUT2D eigenvalue weighted by Crippen LogP contribution is 2.24. The van der Waals surface area contributed by atoms with E-state index in [4.69, 9.17) is 0 Å². The molecule has 1 aromatic carbocycles. The molecule has 0 spiro atoms. The first-order valence-electron chi connectivity index (χ1n) is 6.24. The summed E-state index contributed by atoms with van der Waals surface area (Å²) >= 11 is 0. The van der Waals surface area contributed by atoms with Crippen molar-refractivity contribution >= 4 is 23.6 Å². The second-order valence-electron chi connectivity index (χ2n) is 4.65. The number of rotatable bonds is 1. The molecule has 0 bridgehead atoms. The Hall–Kier alpha value is -2.75. The summed E-state index contributed by atoms with van der Waals surface area (Å²) < 4.78 is 0. The lowest BCUT2D eigenvalue weighted by atomic mass is 9.97. The number of nitrogens with zero attached hydrogens (tertiary/aromatic N) is 1. The normalized spacial score (nSPS) is 15.9. The third kappa shape index (κ3) is 2.12. The summed E-state index contributed by atoms with van der Waals surface area (Å²) in [7, 11) is 0. The molecule has 0 atom stereocenters. The van der Waals surface area contributed by atoms with Gasteiger partial charge in [-0.1, -0.05) is 29.8 Å². The van der Waals surface area contributed by atoms with Gasteiger partial charge in [0.25, 0.3) is 5.91 Å². The highest BCUT2D eigenvalue weighted by atomic mass is 16.2. The highest BCUT2D eigenvalue weighted by Gasteiger charge is 2.28. The molecule has 0 unspecified atom stereocenters. The Labute approximate surface area is 116 Å². The average Bonchev–Trinajstić information content (AvgIpc) is 2.43. The maximum absolute atomic E-state index is 12.3. The van der Waals surface area contributed by atoms with Crippen LogP contribution < -0.4 is 5.32 Å². The van der Waals surface area contributed by atoms with Gasteiger partial charge in [0.15, 0.2) is 0 Å². The second kappa shape index (κ2) is 4.74. The number of ketones is 1. The van der Waals surface area contributed by atoms with E-state index in [2.05, 4.69) is 10.3 Å². The van der Waals surface area contributed by atoms with Gasteiger partial charge in [0.2, 0.25) is 5.78 Å². The molecule has 2 aromatic rings. The lowest BCUT2D eigenvalue weighted by Crippen LogP contribution is -2.28. The number of aryl methyl sites for hydroxylation is 1. The predicted molar refractivity (Wildman–Crippen MR) is 76.4 cm³/mol. The van der Waals surface area contributed by atoms with E-state index in [0.717, 1.165) is 11.1 Å². The molecule has 0 saturated carbocycles. The van der Waals surface area contributed by atoms with Crippen LogP contribution in [0.1, 0.15) is 21.5 Å². The van der Waals surface area contributed by atoms with Gasteiger partial charge in [0.05, 0.1) is 11.1 Å². The molecule has 1 aromatic heterocycles. The highest BCUT2D eigenvalue weighted by molar-refractivity contribution is 6.35. The minimum absolute atomic E-state index is 0.135. The number of hydrogen-bond acceptors (Lipinski definition) is 3. The maximum atomic E-state index is 12.3. The van der Waals surface area contributed by atoms with E-state index in [1.165, 1.54) is 0 Å². The second-order valence-corrected chi connectivity index (χ2v) is 4.65. The number of aromatic nitrogens is 1. The fourth-order valence-corrected chi connectivity index (χ4v) is 2.17. The van der Waals surface area contributed by atoms with Crippen LogP contribution in [0.15, 0.2) is 48.2 Å². The standard InChI is InChI=1S/C16H12N2O2/c1-10-4-2-5-11(8-10)9-13-14(19)12-6-3-7-17-15(12)18-16(13)20/h2-9H,1H3,(H,17,18,20)/b13-9+. The fourth-order valence-electron chi connectivity index (χ4n) is 2.17. The molecule has 2 heterocycles. The van der Waals surface area contributed by atoms with Crippen molar-refractivity contribution in [2.75, 3.05) is 5.32 Å². The summed E-state index contributed by atoms with van der Waals surface area (Å²) in [6.07, 6.45) is 3.16. The van der Waals surface area contributed by atoms with Crippen LogP contribution in [0.3, 0.4) is 0 Å². The van der Waals surface area contributed by atoms with E-state index >= 15 is 0 Å². The van der Waals surface area contributed by atoms with Crippen LogP contribution >= 0.6 is 0 Å². The van der Waals surface area contributed by atoms with Gasteiger partial charge >= 0.3 is 0 Å². The number of carbonyl (C=O) groups excluding carboxylic acids is 2. The lowest BCUT2D eigenvalue weighted by Gasteiger charge is -2.16. The number of anilines is 1. The van der Waals surface area contributed by atoms with Crippen molar-refractivity contribution in [3.63, 3.8) is 0 Å². The number of fused-ring (bicyclic) bond motifs is 1. The monoisotopic (exact) mass is 264 g/mol. The molecule has 4 heteroatoms. The van der Waals surface area contributed by atoms with Gasteiger partial charge in [0, 0.05) is 6.20 Å². The Balaban J connectivity index is 2.07. The maximum Gasteiger partial charge on any atom is 0.260 e. The van der Waals surface area contributed by atoms with E-state index in [1.54, 1.807) is 24.4 Å². The van der Waals surface area contributed by atoms with E-state index in [0.29, 0.717) is 11.4 Å². The Bertz CT molecular complexity index is 748. The molecule has 98 valence electrons. The van der Waals surface area contributed by atoms with Crippen molar-refractivity contribution in [2.45, 2.75) is 6.92 Å². The van der Waals surface area contributed by atoms with Crippen LogP contribution in [0.25, 0.3) is 6.08 Å². The van der Waals surface area contributed by atoms with E-state index < -0.39 is 5.91 Å². The molecule has 0 saturated heterocycles. The number of pyridine rings is 1. The lowest BCUT2D eigenvalue weighted by molar-refractivity contribution is -0.112. The molecule has 0 fully saturated rings. The van der Waals surface area contributed by atoms with E-state index in [-0.39, 0.29) is 11.4 Å². The van der Waals surface area contributed by atoms with Gasteiger partial charge < -0.3 is 5.32 Å². The van der Waals surface area contributed by atoms with Crippen molar-refractivity contribution in [3.05, 3.63) is 64.9 Å². The first-order chi connectivity index (χ1) is 9.65. The van der Waals surface area contributed by atoms with Crippen LogP contribution in [-0.4, -0.2) is 16.7 Å². The van der Waals surface area contributed by atoms with Gasteiger partial charge in [-0.25, -0.2) is 4.98 Å².